The second-order valence-electron chi connectivity index (χ2n) is 5.94. The lowest BCUT2D eigenvalue weighted by molar-refractivity contribution is 0.102. The first-order valence-corrected chi connectivity index (χ1v) is 8.88. The minimum atomic E-state index is -0.148. The Kier molecular flexibility index (Phi) is 4.49. The van der Waals surface area contributed by atoms with Crippen molar-refractivity contribution in [1.29, 1.82) is 0 Å². The van der Waals surface area contributed by atoms with Crippen molar-refractivity contribution in [3.8, 4) is 0 Å². The van der Waals surface area contributed by atoms with Gasteiger partial charge in [0.2, 0.25) is 5.78 Å². The van der Waals surface area contributed by atoms with E-state index in [1.807, 2.05) is 53.1 Å². The van der Waals surface area contributed by atoms with Gasteiger partial charge < -0.3 is 4.57 Å². The number of nitrogens with zero attached hydrogens (tertiary/aromatic N) is 2. The Morgan fingerprint density at radius 1 is 0.885 bits per heavy atom. The molecule has 0 atom stereocenters. The normalized spacial score (nSPS) is 11.0. The maximum atomic E-state index is 13.1. The first-order valence-electron chi connectivity index (χ1n) is 8.12. The van der Waals surface area contributed by atoms with Crippen molar-refractivity contribution in [3.63, 3.8) is 0 Å². The highest BCUT2D eigenvalue weighted by molar-refractivity contribution is 6.31. The number of carbonyl (C=O) groups excluding carboxylic acids is 1. The van der Waals surface area contributed by atoms with Crippen molar-refractivity contribution in [2.45, 2.75) is 6.54 Å². The molecule has 0 aliphatic rings. The van der Waals surface area contributed by atoms with E-state index < -0.39 is 0 Å². The molecule has 0 unspecified atom stereocenters. The predicted molar refractivity (Wildman–Crippen MR) is 105 cm³/mol. The van der Waals surface area contributed by atoms with E-state index in [0.717, 1.165) is 16.6 Å². The van der Waals surface area contributed by atoms with Gasteiger partial charge in [0.05, 0.1) is 17.6 Å². The van der Waals surface area contributed by atoms with Crippen LogP contribution in [0.4, 0.5) is 0 Å². The number of benzene rings is 3. The van der Waals surface area contributed by atoms with Crippen molar-refractivity contribution in [1.82, 2.24) is 9.55 Å². The Balaban J connectivity index is 1.85. The number of carbonyl (C=O) groups is 1. The maximum absolute atomic E-state index is 13.1. The first kappa shape index (κ1) is 16.8. The average Bonchev–Trinajstić information content (AvgIpc) is 3.02. The monoisotopic (exact) mass is 380 g/mol. The Labute approximate surface area is 160 Å². The van der Waals surface area contributed by atoms with Crippen LogP contribution in [0.1, 0.15) is 21.7 Å². The van der Waals surface area contributed by atoms with Crippen molar-refractivity contribution < 1.29 is 4.79 Å². The molecule has 0 N–H and O–H groups in total. The molecule has 0 spiro atoms. The molecule has 128 valence electrons. The summed E-state index contributed by atoms with van der Waals surface area (Å²) in [6, 6.07) is 22.1. The lowest BCUT2D eigenvalue weighted by Gasteiger charge is -2.10. The molecule has 0 saturated carbocycles. The SMILES string of the molecule is O=C(c1ccc(Cl)cc1)c1nc2ccccc2n1Cc1ccccc1Cl. The fraction of sp³-hybridized carbons (Fsp3) is 0.0476. The van der Waals surface area contributed by atoms with E-state index >= 15 is 0 Å². The second-order valence-corrected chi connectivity index (χ2v) is 6.78. The Morgan fingerprint density at radius 2 is 1.58 bits per heavy atom. The van der Waals surface area contributed by atoms with Crippen LogP contribution in [0.25, 0.3) is 11.0 Å². The third kappa shape index (κ3) is 3.12. The molecule has 26 heavy (non-hydrogen) atoms. The molecular weight excluding hydrogens is 367 g/mol. The summed E-state index contributed by atoms with van der Waals surface area (Å²) in [5.41, 5.74) is 3.15. The average molecular weight is 381 g/mol. The van der Waals surface area contributed by atoms with E-state index in [1.54, 1.807) is 24.3 Å². The Morgan fingerprint density at radius 3 is 2.35 bits per heavy atom. The quantitative estimate of drug-likeness (QED) is 0.430. The van der Waals surface area contributed by atoms with Gasteiger partial charge in [-0.3, -0.25) is 4.79 Å². The number of rotatable bonds is 4. The highest BCUT2D eigenvalue weighted by Crippen LogP contribution is 2.23. The van der Waals surface area contributed by atoms with Gasteiger partial charge in [-0.2, -0.15) is 0 Å². The molecule has 5 heteroatoms. The number of hydrogen-bond donors (Lipinski definition) is 0. The van der Waals surface area contributed by atoms with Gasteiger partial charge in [0.15, 0.2) is 5.82 Å². The Bertz CT molecular complexity index is 1100. The first-order chi connectivity index (χ1) is 12.6. The number of hydrogen-bond acceptors (Lipinski definition) is 2. The molecule has 3 nitrogen and oxygen atoms in total. The van der Waals surface area contributed by atoms with Crippen molar-refractivity contribution in [2.24, 2.45) is 0 Å². The highest BCUT2D eigenvalue weighted by atomic mass is 35.5. The van der Waals surface area contributed by atoms with Crippen LogP contribution in [0.3, 0.4) is 0 Å². The van der Waals surface area contributed by atoms with E-state index in [9.17, 15) is 4.79 Å². The van der Waals surface area contributed by atoms with Gasteiger partial charge in [-0.05, 0) is 48.0 Å². The molecule has 0 fully saturated rings. The minimum absolute atomic E-state index is 0.148. The van der Waals surface area contributed by atoms with Crippen LogP contribution >= 0.6 is 23.2 Å². The molecule has 0 aliphatic carbocycles. The molecule has 0 saturated heterocycles. The standard InChI is InChI=1S/C21H14Cl2N2O/c22-16-11-9-14(10-12-16)20(26)21-24-18-7-3-4-8-19(18)25(21)13-15-5-1-2-6-17(15)23/h1-12H,13H2. The van der Waals surface area contributed by atoms with Crippen LogP contribution in [0.2, 0.25) is 10.0 Å². The third-order valence-corrected chi connectivity index (χ3v) is 4.87. The smallest absolute Gasteiger partial charge is 0.228 e. The Hall–Kier alpha value is -2.62. The van der Waals surface area contributed by atoms with Gasteiger partial charge >= 0.3 is 0 Å². The van der Waals surface area contributed by atoms with Crippen molar-refractivity contribution >= 4 is 40.0 Å². The van der Waals surface area contributed by atoms with Crippen molar-refractivity contribution in [3.05, 3.63) is 99.8 Å². The van der Waals surface area contributed by atoms with E-state index in [-0.39, 0.29) is 5.78 Å². The number of fused-ring (bicyclic) bond motifs is 1. The lowest BCUT2D eigenvalue weighted by Crippen LogP contribution is -2.12. The largest absolute Gasteiger partial charge is 0.317 e. The molecule has 1 heterocycles. The van der Waals surface area contributed by atoms with Crippen LogP contribution in [-0.4, -0.2) is 15.3 Å². The topological polar surface area (TPSA) is 34.9 Å². The minimum Gasteiger partial charge on any atom is -0.317 e. The summed E-state index contributed by atoms with van der Waals surface area (Å²) >= 11 is 12.3. The summed E-state index contributed by atoms with van der Waals surface area (Å²) in [4.78, 5) is 17.6. The molecular formula is C21H14Cl2N2O. The fourth-order valence-corrected chi connectivity index (χ4v) is 3.26. The zero-order valence-corrected chi connectivity index (χ0v) is 15.2. The van der Waals surface area contributed by atoms with Crippen LogP contribution < -0.4 is 0 Å². The van der Waals surface area contributed by atoms with Gasteiger partial charge in [-0.1, -0.05) is 53.5 Å². The number of para-hydroxylation sites is 2. The molecule has 0 bridgehead atoms. The number of ketones is 1. The summed E-state index contributed by atoms with van der Waals surface area (Å²) in [6.45, 7) is 0.467. The van der Waals surface area contributed by atoms with Crippen molar-refractivity contribution in [2.75, 3.05) is 0 Å². The van der Waals surface area contributed by atoms with Gasteiger partial charge in [0.1, 0.15) is 0 Å². The van der Waals surface area contributed by atoms with Crippen LogP contribution in [0, 0.1) is 0 Å². The predicted octanol–water partition coefficient (Wildman–Crippen LogP) is 5.62. The molecule has 1 aromatic heterocycles. The zero-order chi connectivity index (χ0) is 18.1. The molecule has 0 amide bonds. The van der Waals surface area contributed by atoms with Gasteiger partial charge in [-0.25, -0.2) is 4.98 Å². The highest BCUT2D eigenvalue weighted by Gasteiger charge is 2.19. The number of imidazole rings is 1. The van der Waals surface area contributed by atoms with Gasteiger partial charge in [-0.15, -0.1) is 0 Å². The molecule has 4 aromatic rings. The van der Waals surface area contributed by atoms with E-state index in [0.29, 0.717) is 28.0 Å². The van der Waals surface area contributed by atoms with Gasteiger partial charge in [0, 0.05) is 15.6 Å². The summed E-state index contributed by atoms with van der Waals surface area (Å²) in [5.74, 6) is 0.235. The van der Waals surface area contributed by atoms with Crippen LogP contribution in [-0.2, 0) is 6.54 Å². The molecule has 0 aliphatic heterocycles. The number of aromatic nitrogens is 2. The fourth-order valence-electron chi connectivity index (χ4n) is 2.94. The van der Waals surface area contributed by atoms with Gasteiger partial charge in [0.25, 0.3) is 0 Å². The lowest BCUT2D eigenvalue weighted by atomic mass is 10.1. The van der Waals surface area contributed by atoms with E-state index in [2.05, 4.69) is 4.98 Å². The summed E-state index contributed by atoms with van der Waals surface area (Å²) in [6.07, 6.45) is 0. The summed E-state index contributed by atoms with van der Waals surface area (Å²) in [5, 5.41) is 1.25. The molecule has 3 aromatic carbocycles. The number of halogens is 2. The summed E-state index contributed by atoms with van der Waals surface area (Å²) < 4.78 is 1.91. The van der Waals surface area contributed by atoms with Crippen LogP contribution in [0.5, 0.6) is 0 Å². The van der Waals surface area contributed by atoms with E-state index in [4.69, 9.17) is 23.2 Å². The zero-order valence-electron chi connectivity index (χ0n) is 13.7. The maximum Gasteiger partial charge on any atom is 0.228 e. The van der Waals surface area contributed by atoms with E-state index in [1.165, 1.54) is 0 Å². The molecule has 0 radical (unpaired) electrons. The second kappa shape index (κ2) is 6.94. The third-order valence-electron chi connectivity index (χ3n) is 4.25. The molecule has 4 rings (SSSR count). The van der Waals surface area contributed by atoms with Crippen LogP contribution in [0.15, 0.2) is 72.8 Å². The summed E-state index contributed by atoms with van der Waals surface area (Å²) in [7, 11) is 0.